The van der Waals surface area contributed by atoms with E-state index in [1.165, 1.54) is 32.1 Å². The van der Waals surface area contributed by atoms with Crippen LogP contribution in [0.5, 0.6) is 0 Å². The molecule has 0 aliphatic heterocycles. The number of alkyl halides is 1. The number of hydrogen-bond donors (Lipinski definition) is 0. The monoisotopic (exact) mass is 340 g/mol. The molecule has 1 atom stereocenters. The molecule has 0 aromatic carbocycles. The van der Waals surface area contributed by atoms with Gasteiger partial charge in [0.25, 0.3) is 0 Å². The molecule has 1 aliphatic carbocycles. The maximum absolute atomic E-state index is 4.00. The van der Waals surface area contributed by atoms with Gasteiger partial charge < -0.3 is 0 Å². The van der Waals surface area contributed by atoms with E-state index in [0.29, 0.717) is 2.34 Å². The van der Waals surface area contributed by atoms with Crippen LogP contribution in [0.25, 0.3) is 0 Å². The second-order valence-electron chi connectivity index (χ2n) is 4.64. The molecule has 1 rings (SSSR count). The van der Waals surface area contributed by atoms with Gasteiger partial charge in [-0.05, 0) is 0 Å². The molecule has 72 valence electrons. The average Bonchev–Trinajstić information content (AvgIpc) is 2.06. The fraction of sp³-hybridized carbons (Fsp3) is 1.00. The number of hydrogen-bond acceptors (Lipinski definition) is 0. The van der Waals surface area contributed by atoms with Gasteiger partial charge in [0, 0.05) is 0 Å². The van der Waals surface area contributed by atoms with Gasteiger partial charge in [-0.2, -0.15) is 0 Å². The Morgan fingerprint density at radius 1 is 1.25 bits per heavy atom. The Balaban J connectivity index is 2.53. The van der Waals surface area contributed by atoms with Crippen LogP contribution >= 0.6 is 15.9 Å². The van der Waals surface area contributed by atoms with Gasteiger partial charge in [0.15, 0.2) is 0 Å². The average molecular weight is 340 g/mol. The van der Waals surface area contributed by atoms with Crippen molar-refractivity contribution >= 4 is 38.5 Å². The molecule has 0 saturated heterocycles. The molecule has 1 saturated carbocycles. The van der Waals surface area contributed by atoms with Crippen LogP contribution in [-0.4, -0.2) is 24.9 Å². The Hall–Kier alpha value is 1.28. The zero-order valence-corrected chi connectivity index (χ0v) is 15.9. The van der Waals surface area contributed by atoms with E-state index in [4.69, 9.17) is 0 Å². The van der Waals surface area contributed by atoms with Gasteiger partial charge in [-0.25, -0.2) is 0 Å². The Kier molecular flexibility index (Phi) is 4.42. The van der Waals surface area contributed by atoms with E-state index in [2.05, 4.69) is 29.8 Å². The third-order valence-corrected chi connectivity index (χ3v) is 10.7. The van der Waals surface area contributed by atoms with Crippen molar-refractivity contribution in [1.82, 2.24) is 0 Å². The first-order valence-corrected chi connectivity index (χ1v) is 8.88. The second-order valence-corrected chi connectivity index (χ2v) is 15.3. The minimum absolute atomic E-state index is 0.592. The third kappa shape index (κ3) is 2.63. The molecule has 12 heavy (non-hydrogen) atoms. The van der Waals surface area contributed by atoms with Crippen LogP contribution in [0, 0.1) is 11.8 Å². The first-order chi connectivity index (χ1) is 5.55. The molecule has 0 aromatic rings. The van der Waals surface area contributed by atoms with Gasteiger partial charge in [-0.1, -0.05) is 0 Å². The summed E-state index contributed by atoms with van der Waals surface area (Å²) in [5.74, 6) is 1.85. The minimum atomic E-state index is 0.592. The molecule has 0 amide bonds. The molecule has 0 radical (unpaired) electrons. The zero-order chi connectivity index (χ0) is 9.19. The summed E-state index contributed by atoms with van der Waals surface area (Å²) in [6, 6.07) is 0. The topological polar surface area (TPSA) is 0 Å². The van der Waals surface area contributed by atoms with E-state index in [0.717, 1.165) is 34.4 Å². The summed E-state index contributed by atoms with van der Waals surface area (Å²) in [6.45, 7) is 4.75. The van der Waals surface area contributed by atoms with Gasteiger partial charge in [-0.3, -0.25) is 0 Å². The van der Waals surface area contributed by atoms with E-state index in [-0.39, 0.29) is 0 Å². The SMILES string of the molecule is CC(C)[C](Br)([SnH3])C1CCCCC1. The Labute approximate surface area is 98.1 Å². The predicted molar refractivity (Wildman–Crippen MR) is 63.0 cm³/mol. The first-order valence-electron chi connectivity index (χ1n) is 5.24. The molecule has 0 aromatic heterocycles. The molecular formula is C10H21BrSn. The summed E-state index contributed by atoms with van der Waals surface area (Å²) in [5.41, 5.74) is 0. The molecule has 1 unspecified atom stereocenters. The number of halogens is 1. The van der Waals surface area contributed by atoms with Crippen LogP contribution in [0.2, 0.25) is 0 Å². The van der Waals surface area contributed by atoms with Gasteiger partial charge >= 0.3 is 98.6 Å². The van der Waals surface area contributed by atoms with Crippen molar-refractivity contribution < 1.29 is 0 Å². The van der Waals surface area contributed by atoms with Crippen molar-refractivity contribution in [3.8, 4) is 0 Å². The molecular weight excluding hydrogens is 319 g/mol. The quantitative estimate of drug-likeness (QED) is 0.536. The molecule has 2 heteroatoms. The Morgan fingerprint density at radius 3 is 2.17 bits per heavy atom. The molecule has 1 aliphatic rings. The summed E-state index contributed by atoms with van der Waals surface area (Å²) in [6.07, 6.45) is 7.40. The Bertz CT molecular complexity index is 137. The van der Waals surface area contributed by atoms with Crippen molar-refractivity contribution in [1.29, 1.82) is 0 Å². The van der Waals surface area contributed by atoms with E-state index in [1.54, 1.807) is 0 Å². The van der Waals surface area contributed by atoms with Crippen LogP contribution in [-0.2, 0) is 0 Å². The third-order valence-electron chi connectivity index (χ3n) is 3.53. The maximum atomic E-state index is 4.00. The fourth-order valence-corrected chi connectivity index (χ4v) is 4.24. The van der Waals surface area contributed by atoms with Crippen LogP contribution in [0.1, 0.15) is 46.0 Å². The van der Waals surface area contributed by atoms with Gasteiger partial charge in [0.1, 0.15) is 0 Å². The normalized spacial score (nSPS) is 26.0. The molecule has 0 bridgehead atoms. The van der Waals surface area contributed by atoms with E-state index in [1.807, 2.05) is 0 Å². The summed E-state index contributed by atoms with van der Waals surface area (Å²) >= 11 is 4.74. The zero-order valence-electron chi connectivity index (χ0n) is 8.57. The standard InChI is InChI=1S/C10H18Br.Sn.3H/c1-8(2)10(11)9-6-4-3-5-7-9;;;;/h8-9H,3-7H2,1-2H3;;;;. The van der Waals surface area contributed by atoms with Crippen LogP contribution < -0.4 is 0 Å². The molecule has 1 fully saturated rings. The van der Waals surface area contributed by atoms with Crippen molar-refractivity contribution in [2.24, 2.45) is 11.8 Å². The van der Waals surface area contributed by atoms with Crippen molar-refractivity contribution in [2.75, 3.05) is 0 Å². The summed E-state index contributed by atoms with van der Waals surface area (Å²) in [7, 11) is 0. The molecule has 0 heterocycles. The predicted octanol–water partition coefficient (Wildman–Crippen LogP) is 2.68. The van der Waals surface area contributed by atoms with Crippen LogP contribution in [0.4, 0.5) is 0 Å². The van der Waals surface area contributed by atoms with E-state index in [9.17, 15) is 0 Å². The molecule has 0 spiro atoms. The van der Waals surface area contributed by atoms with Gasteiger partial charge in [-0.15, -0.1) is 0 Å². The van der Waals surface area contributed by atoms with E-state index < -0.39 is 0 Å². The summed E-state index contributed by atoms with van der Waals surface area (Å²) < 4.78 is 0.592. The van der Waals surface area contributed by atoms with Crippen LogP contribution in [0.3, 0.4) is 0 Å². The molecule has 0 N–H and O–H groups in total. The van der Waals surface area contributed by atoms with Crippen LogP contribution in [0.15, 0.2) is 0 Å². The Morgan fingerprint density at radius 2 is 1.75 bits per heavy atom. The van der Waals surface area contributed by atoms with Gasteiger partial charge in [0.2, 0.25) is 0 Å². The van der Waals surface area contributed by atoms with Gasteiger partial charge in [0.05, 0.1) is 0 Å². The van der Waals surface area contributed by atoms with E-state index >= 15 is 0 Å². The van der Waals surface area contributed by atoms with Crippen molar-refractivity contribution in [3.63, 3.8) is 0 Å². The molecule has 0 nitrogen and oxygen atoms in total. The van der Waals surface area contributed by atoms with Crippen molar-refractivity contribution in [2.45, 2.75) is 48.3 Å². The second kappa shape index (κ2) is 4.67. The fourth-order valence-electron chi connectivity index (χ4n) is 2.14. The summed E-state index contributed by atoms with van der Waals surface area (Å²) in [4.78, 5) is 0. The summed E-state index contributed by atoms with van der Waals surface area (Å²) in [5, 5.41) is 0. The number of rotatable bonds is 2. The first kappa shape index (κ1) is 11.4. The van der Waals surface area contributed by atoms with Crippen molar-refractivity contribution in [3.05, 3.63) is 0 Å².